The molecule has 0 heterocycles. The van der Waals surface area contributed by atoms with E-state index in [1.54, 1.807) is 13.8 Å². The van der Waals surface area contributed by atoms with Crippen LogP contribution < -0.4 is 5.73 Å². The van der Waals surface area contributed by atoms with E-state index < -0.39 is 23.6 Å². The van der Waals surface area contributed by atoms with Crippen molar-refractivity contribution >= 4 is 12.4 Å². The average molecular weight is 272 g/mol. The number of rotatable bonds is 2. The zero-order chi connectivity index (χ0) is 12.5. The standard InChI is InChI=1S/C11H13F4N.ClH/c1-6(2)10(16)8-4-3-7(5-9(8)12)11(13,14)15;/h3-6,10H,16H2,1-2H3;1H/t10-;/m0./s1. The topological polar surface area (TPSA) is 26.0 Å². The van der Waals surface area contributed by atoms with Crippen molar-refractivity contribution < 1.29 is 17.6 Å². The molecule has 0 aliphatic rings. The van der Waals surface area contributed by atoms with Crippen LogP contribution in [0, 0.1) is 11.7 Å². The lowest BCUT2D eigenvalue weighted by atomic mass is 9.95. The Morgan fingerprint density at radius 1 is 1.18 bits per heavy atom. The zero-order valence-electron chi connectivity index (χ0n) is 9.38. The first-order chi connectivity index (χ1) is 7.23. The van der Waals surface area contributed by atoms with Crippen LogP contribution in [0.3, 0.4) is 0 Å². The van der Waals surface area contributed by atoms with Crippen LogP contribution >= 0.6 is 12.4 Å². The first-order valence-corrected chi connectivity index (χ1v) is 4.85. The van der Waals surface area contributed by atoms with Crippen LogP contribution in [0.25, 0.3) is 0 Å². The lowest BCUT2D eigenvalue weighted by Gasteiger charge is -2.17. The first kappa shape index (κ1) is 16.2. The molecule has 1 aromatic rings. The fourth-order valence-corrected chi connectivity index (χ4v) is 1.33. The molecular formula is C11H14ClF4N. The Hall–Kier alpha value is -0.810. The predicted molar refractivity (Wildman–Crippen MR) is 60.4 cm³/mol. The molecule has 6 heteroatoms. The Kier molecular flexibility index (Phi) is 5.42. The van der Waals surface area contributed by atoms with E-state index in [1.165, 1.54) is 0 Å². The highest BCUT2D eigenvalue weighted by Gasteiger charge is 2.31. The normalized spacial score (nSPS) is 13.4. The van der Waals surface area contributed by atoms with Crippen molar-refractivity contribution in [2.24, 2.45) is 11.7 Å². The number of nitrogens with two attached hydrogens (primary N) is 1. The summed E-state index contributed by atoms with van der Waals surface area (Å²) in [7, 11) is 0. The summed E-state index contributed by atoms with van der Waals surface area (Å²) in [6.07, 6.45) is -4.53. The number of benzene rings is 1. The Morgan fingerprint density at radius 2 is 1.71 bits per heavy atom. The van der Waals surface area contributed by atoms with E-state index >= 15 is 0 Å². The molecule has 0 fully saturated rings. The molecule has 0 spiro atoms. The largest absolute Gasteiger partial charge is 0.416 e. The van der Waals surface area contributed by atoms with Gasteiger partial charge >= 0.3 is 6.18 Å². The molecule has 0 radical (unpaired) electrons. The molecule has 98 valence electrons. The third kappa shape index (κ3) is 3.85. The van der Waals surface area contributed by atoms with E-state index in [9.17, 15) is 17.6 Å². The Bertz CT molecular complexity index is 376. The summed E-state index contributed by atoms with van der Waals surface area (Å²) >= 11 is 0. The summed E-state index contributed by atoms with van der Waals surface area (Å²) in [5.41, 5.74) is 4.79. The molecule has 0 aliphatic carbocycles. The van der Waals surface area contributed by atoms with E-state index in [2.05, 4.69) is 0 Å². The van der Waals surface area contributed by atoms with Gasteiger partial charge in [-0.1, -0.05) is 19.9 Å². The van der Waals surface area contributed by atoms with Crippen LogP contribution in [0.2, 0.25) is 0 Å². The van der Waals surface area contributed by atoms with Gasteiger partial charge in [-0.15, -0.1) is 12.4 Å². The minimum Gasteiger partial charge on any atom is -0.324 e. The summed E-state index contributed by atoms with van der Waals surface area (Å²) in [6.45, 7) is 3.56. The molecule has 1 atom stereocenters. The SMILES string of the molecule is CC(C)[C@H](N)c1ccc(C(F)(F)F)cc1F.Cl. The van der Waals surface area contributed by atoms with E-state index in [0.29, 0.717) is 6.07 Å². The summed E-state index contributed by atoms with van der Waals surface area (Å²) in [5.74, 6) is -0.942. The maximum Gasteiger partial charge on any atom is 0.416 e. The molecule has 1 rings (SSSR count). The monoisotopic (exact) mass is 271 g/mol. The minimum atomic E-state index is -4.53. The highest BCUT2D eigenvalue weighted by atomic mass is 35.5. The lowest BCUT2D eigenvalue weighted by Crippen LogP contribution is -2.18. The van der Waals surface area contributed by atoms with Crippen molar-refractivity contribution in [2.45, 2.75) is 26.1 Å². The fraction of sp³-hybridized carbons (Fsp3) is 0.455. The van der Waals surface area contributed by atoms with Crippen LogP contribution in [-0.2, 0) is 6.18 Å². The highest BCUT2D eigenvalue weighted by Crippen LogP contribution is 2.32. The molecule has 2 N–H and O–H groups in total. The van der Waals surface area contributed by atoms with Crippen molar-refractivity contribution in [3.05, 3.63) is 35.1 Å². The van der Waals surface area contributed by atoms with Gasteiger partial charge in [0.1, 0.15) is 5.82 Å². The minimum absolute atomic E-state index is 0. The van der Waals surface area contributed by atoms with Crippen LogP contribution in [0.1, 0.15) is 31.0 Å². The van der Waals surface area contributed by atoms with Crippen LogP contribution in [0.15, 0.2) is 18.2 Å². The van der Waals surface area contributed by atoms with E-state index in [4.69, 9.17) is 5.73 Å². The molecule has 1 nitrogen and oxygen atoms in total. The van der Waals surface area contributed by atoms with Gasteiger partial charge in [-0.05, 0) is 18.1 Å². The maximum absolute atomic E-state index is 13.4. The zero-order valence-corrected chi connectivity index (χ0v) is 10.2. The van der Waals surface area contributed by atoms with Gasteiger partial charge in [0.25, 0.3) is 0 Å². The second-order valence-electron chi connectivity index (χ2n) is 4.00. The second-order valence-corrected chi connectivity index (χ2v) is 4.00. The van der Waals surface area contributed by atoms with Crippen LogP contribution in [-0.4, -0.2) is 0 Å². The molecule has 0 saturated carbocycles. The molecule has 0 aliphatic heterocycles. The van der Waals surface area contributed by atoms with Gasteiger partial charge < -0.3 is 5.73 Å². The number of alkyl halides is 3. The Balaban J connectivity index is 0.00000256. The number of hydrogen-bond acceptors (Lipinski definition) is 1. The van der Waals surface area contributed by atoms with Gasteiger partial charge in [0.15, 0.2) is 0 Å². The molecule has 0 saturated heterocycles. The fourth-order valence-electron chi connectivity index (χ4n) is 1.33. The average Bonchev–Trinajstić information content (AvgIpc) is 2.15. The molecule has 0 unspecified atom stereocenters. The van der Waals surface area contributed by atoms with Gasteiger partial charge in [-0.3, -0.25) is 0 Å². The number of halogens is 5. The molecule has 0 bridgehead atoms. The van der Waals surface area contributed by atoms with Gasteiger partial charge in [0.2, 0.25) is 0 Å². The van der Waals surface area contributed by atoms with Crippen molar-refractivity contribution in [1.82, 2.24) is 0 Å². The van der Waals surface area contributed by atoms with Crippen molar-refractivity contribution in [2.75, 3.05) is 0 Å². The van der Waals surface area contributed by atoms with E-state index in [1.807, 2.05) is 0 Å². The van der Waals surface area contributed by atoms with Crippen molar-refractivity contribution in [3.63, 3.8) is 0 Å². The summed E-state index contributed by atoms with van der Waals surface area (Å²) < 4.78 is 50.2. The molecule has 1 aromatic carbocycles. The first-order valence-electron chi connectivity index (χ1n) is 4.85. The molecule has 17 heavy (non-hydrogen) atoms. The van der Waals surface area contributed by atoms with Crippen LogP contribution in [0.4, 0.5) is 17.6 Å². The van der Waals surface area contributed by atoms with E-state index in [0.717, 1.165) is 12.1 Å². The lowest BCUT2D eigenvalue weighted by molar-refractivity contribution is -0.137. The Morgan fingerprint density at radius 3 is 2.06 bits per heavy atom. The van der Waals surface area contributed by atoms with E-state index in [-0.39, 0.29) is 23.9 Å². The predicted octanol–water partition coefficient (Wildman–Crippen LogP) is 3.92. The third-order valence-corrected chi connectivity index (χ3v) is 2.41. The Labute approximate surface area is 103 Å². The molecular weight excluding hydrogens is 258 g/mol. The summed E-state index contributed by atoms with van der Waals surface area (Å²) in [6, 6.07) is 1.84. The van der Waals surface area contributed by atoms with Crippen LogP contribution in [0.5, 0.6) is 0 Å². The summed E-state index contributed by atoms with van der Waals surface area (Å²) in [4.78, 5) is 0. The molecule has 0 amide bonds. The second kappa shape index (κ2) is 5.69. The summed E-state index contributed by atoms with van der Waals surface area (Å²) in [5, 5.41) is 0. The van der Waals surface area contributed by atoms with Gasteiger partial charge in [-0.2, -0.15) is 13.2 Å². The quantitative estimate of drug-likeness (QED) is 0.811. The van der Waals surface area contributed by atoms with Gasteiger partial charge in [0, 0.05) is 11.6 Å². The van der Waals surface area contributed by atoms with Crippen molar-refractivity contribution in [3.8, 4) is 0 Å². The van der Waals surface area contributed by atoms with Gasteiger partial charge in [0.05, 0.1) is 5.56 Å². The third-order valence-electron chi connectivity index (χ3n) is 2.41. The maximum atomic E-state index is 13.4. The number of hydrogen-bond donors (Lipinski definition) is 1. The molecule has 0 aromatic heterocycles. The van der Waals surface area contributed by atoms with Crippen molar-refractivity contribution in [1.29, 1.82) is 0 Å². The van der Waals surface area contributed by atoms with Gasteiger partial charge in [-0.25, -0.2) is 4.39 Å². The smallest absolute Gasteiger partial charge is 0.324 e. The highest BCUT2D eigenvalue weighted by molar-refractivity contribution is 5.85.